The maximum Gasteiger partial charge on any atom is 0.337 e. The van der Waals surface area contributed by atoms with E-state index < -0.39 is 30.4 Å². The highest BCUT2D eigenvalue weighted by atomic mass is 16.5. The van der Waals surface area contributed by atoms with Crippen molar-refractivity contribution in [2.75, 3.05) is 25.6 Å². The Bertz CT molecular complexity index is 926. The fourth-order valence-corrected chi connectivity index (χ4v) is 3.15. The van der Waals surface area contributed by atoms with Crippen LogP contribution in [0.3, 0.4) is 0 Å². The quantitative estimate of drug-likeness (QED) is 0.701. The fraction of sp³-hybridized carbons (Fsp3) is 0.273. The van der Waals surface area contributed by atoms with Crippen molar-refractivity contribution in [2.24, 2.45) is 5.92 Å². The van der Waals surface area contributed by atoms with Crippen LogP contribution in [0.1, 0.15) is 22.3 Å². The van der Waals surface area contributed by atoms with Crippen LogP contribution in [0.4, 0.5) is 5.69 Å². The lowest BCUT2D eigenvalue weighted by Gasteiger charge is -2.16. The maximum absolute atomic E-state index is 12.3. The number of hydrogen-bond donors (Lipinski definition) is 1. The number of methoxy groups -OCH3 is 1. The number of rotatable bonds is 7. The van der Waals surface area contributed by atoms with Crippen molar-refractivity contribution in [3.8, 4) is 0 Å². The van der Waals surface area contributed by atoms with Gasteiger partial charge in [-0.05, 0) is 29.8 Å². The summed E-state index contributed by atoms with van der Waals surface area (Å²) in [4.78, 5) is 49.5. The molecule has 2 aromatic carbocycles. The molecule has 1 heterocycles. The number of anilines is 1. The van der Waals surface area contributed by atoms with Gasteiger partial charge >= 0.3 is 11.9 Å². The van der Waals surface area contributed by atoms with Gasteiger partial charge in [0.15, 0.2) is 6.61 Å². The van der Waals surface area contributed by atoms with Gasteiger partial charge < -0.3 is 19.7 Å². The summed E-state index contributed by atoms with van der Waals surface area (Å²) in [5, 5.41) is 2.58. The number of ether oxygens (including phenoxy) is 2. The Morgan fingerprint density at radius 1 is 1.07 bits per heavy atom. The zero-order valence-electron chi connectivity index (χ0n) is 16.5. The number of hydrogen-bond acceptors (Lipinski definition) is 6. The average Bonchev–Trinajstić information content (AvgIpc) is 3.13. The van der Waals surface area contributed by atoms with E-state index in [4.69, 9.17) is 4.74 Å². The smallest absolute Gasteiger partial charge is 0.337 e. The molecule has 156 valence electrons. The lowest BCUT2D eigenvalue weighted by molar-refractivity contribution is -0.151. The molecule has 8 heteroatoms. The zero-order chi connectivity index (χ0) is 21.5. The molecule has 0 spiro atoms. The molecule has 1 aliphatic heterocycles. The molecular formula is C22H22N2O6. The van der Waals surface area contributed by atoms with Crippen molar-refractivity contribution < 1.29 is 28.7 Å². The summed E-state index contributed by atoms with van der Waals surface area (Å²) in [5.74, 6) is -2.27. The van der Waals surface area contributed by atoms with Crippen LogP contribution in [-0.2, 0) is 30.4 Å². The Morgan fingerprint density at radius 3 is 2.43 bits per heavy atom. The number of esters is 2. The maximum atomic E-state index is 12.3. The van der Waals surface area contributed by atoms with Crippen LogP contribution >= 0.6 is 0 Å². The highest BCUT2D eigenvalue weighted by Gasteiger charge is 2.35. The highest BCUT2D eigenvalue weighted by Crippen LogP contribution is 2.21. The monoisotopic (exact) mass is 410 g/mol. The van der Waals surface area contributed by atoms with E-state index in [0.717, 1.165) is 5.56 Å². The van der Waals surface area contributed by atoms with Gasteiger partial charge in [0.25, 0.3) is 5.91 Å². The van der Waals surface area contributed by atoms with Crippen LogP contribution in [-0.4, -0.2) is 48.9 Å². The normalized spacial score (nSPS) is 15.6. The zero-order valence-corrected chi connectivity index (χ0v) is 16.5. The van der Waals surface area contributed by atoms with Crippen molar-refractivity contribution in [1.82, 2.24) is 4.90 Å². The second-order valence-corrected chi connectivity index (χ2v) is 6.89. The molecule has 1 N–H and O–H groups in total. The molecule has 0 bridgehead atoms. The van der Waals surface area contributed by atoms with Crippen molar-refractivity contribution in [1.29, 1.82) is 0 Å². The SMILES string of the molecule is COC(=O)c1ccc(NC(=O)COC(=O)[C@H]2CC(=O)N(Cc3ccccc3)C2)cc1. The Balaban J connectivity index is 1.45. The third kappa shape index (κ3) is 5.44. The minimum absolute atomic E-state index is 0.0717. The summed E-state index contributed by atoms with van der Waals surface area (Å²) < 4.78 is 9.69. The third-order valence-electron chi connectivity index (χ3n) is 4.70. The Morgan fingerprint density at radius 2 is 1.77 bits per heavy atom. The number of nitrogens with one attached hydrogen (secondary N) is 1. The number of carbonyl (C=O) groups excluding carboxylic acids is 4. The summed E-state index contributed by atoms with van der Waals surface area (Å²) in [6.07, 6.45) is 0.0717. The van der Waals surface area contributed by atoms with Gasteiger partial charge in [-0.2, -0.15) is 0 Å². The third-order valence-corrected chi connectivity index (χ3v) is 4.70. The van der Waals surface area contributed by atoms with Gasteiger partial charge in [-0.1, -0.05) is 30.3 Å². The molecule has 3 rings (SSSR count). The standard InChI is InChI=1S/C22H22N2O6/c1-29-21(27)16-7-9-18(10-8-16)23-19(25)14-30-22(28)17-11-20(26)24(13-17)12-15-5-3-2-4-6-15/h2-10,17H,11-14H2,1H3,(H,23,25)/t17-/m0/s1. The molecule has 1 atom stereocenters. The Labute approximate surface area is 173 Å². The number of carbonyl (C=O) groups is 4. The summed E-state index contributed by atoms with van der Waals surface area (Å²) in [7, 11) is 1.28. The summed E-state index contributed by atoms with van der Waals surface area (Å²) in [6, 6.07) is 15.6. The van der Waals surface area contributed by atoms with Crippen molar-refractivity contribution in [3.63, 3.8) is 0 Å². The Kier molecular flexibility index (Phi) is 6.79. The van der Waals surface area contributed by atoms with Crippen LogP contribution in [0.15, 0.2) is 54.6 Å². The first-order valence-corrected chi connectivity index (χ1v) is 9.43. The lowest BCUT2D eigenvalue weighted by Crippen LogP contribution is -2.28. The van der Waals surface area contributed by atoms with E-state index in [-0.39, 0.29) is 18.9 Å². The van der Waals surface area contributed by atoms with Gasteiger partial charge in [-0.3, -0.25) is 14.4 Å². The van der Waals surface area contributed by atoms with E-state index in [1.165, 1.54) is 19.2 Å². The molecule has 0 aliphatic carbocycles. The lowest BCUT2D eigenvalue weighted by atomic mass is 10.1. The molecule has 30 heavy (non-hydrogen) atoms. The van der Waals surface area contributed by atoms with E-state index >= 15 is 0 Å². The first-order chi connectivity index (χ1) is 14.5. The average molecular weight is 410 g/mol. The van der Waals surface area contributed by atoms with E-state index in [9.17, 15) is 19.2 Å². The van der Waals surface area contributed by atoms with Crippen LogP contribution in [0, 0.1) is 5.92 Å². The van der Waals surface area contributed by atoms with Gasteiger partial charge in [0.1, 0.15) is 0 Å². The van der Waals surface area contributed by atoms with Gasteiger partial charge in [0.2, 0.25) is 5.91 Å². The number of amides is 2. The molecule has 1 aliphatic rings. The highest BCUT2D eigenvalue weighted by molar-refractivity contribution is 5.95. The van der Waals surface area contributed by atoms with E-state index in [0.29, 0.717) is 17.8 Å². The summed E-state index contributed by atoms with van der Waals surface area (Å²) >= 11 is 0. The predicted octanol–water partition coefficient (Wildman–Crippen LogP) is 2.00. The van der Waals surface area contributed by atoms with Crippen LogP contribution in [0.25, 0.3) is 0 Å². The molecule has 2 amide bonds. The van der Waals surface area contributed by atoms with Crippen molar-refractivity contribution in [3.05, 3.63) is 65.7 Å². The largest absolute Gasteiger partial charge is 0.465 e. The molecular weight excluding hydrogens is 388 g/mol. The molecule has 0 aromatic heterocycles. The Hall–Kier alpha value is -3.68. The number of likely N-dealkylation sites (tertiary alicyclic amines) is 1. The second-order valence-electron chi connectivity index (χ2n) is 6.89. The molecule has 0 saturated carbocycles. The van der Waals surface area contributed by atoms with Gasteiger partial charge in [0.05, 0.1) is 18.6 Å². The summed E-state index contributed by atoms with van der Waals surface area (Å²) in [6.45, 7) is 0.246. The molecule has 8 nitrogen and oxygen atoms in total. The first-order valence-electron chi connectivity index (χ1n) is 9.43. The van der Waals surface area contributed by atoms with Crippen LogP contribution in [0.5, 0.6) is 0 Å². The number of nitrogens with zero attached hydrogens (tertiary/aromatic N) is 1. The van der Waals surface area contributed by atoms with Crippen LogP contribution < -0.4 is 5.32 Å². The first kappa shape index (κ1) is 21.0. The van der Waals surface area contributed by atoms with Crippen LogP contribution in [0.2, 0.25) is 0 Å². The second kappa shape index (κ2) is 9.69. The van der Waals surface area contributed by atoms with E-state index in [1.807, 2.05) is 30.3 Å². The van der Waals surface area contributed by atoms with E-state index in [1.54, 1.807) is 17.0 Å². The molecule has 0 radical (unpaired) electrons. The molecule has 1 saturated heterocycles. The van der Waals surface area contributed by atoms with Gasteiger partial charge in [0, 0.05) is 25.2 Å². The number of benzene rings is 2. The molecule has 0 unspecified atom stereocenters. The predicted molar refractivity (Wildman–Crippen MR) is 107 cm³/mol. The van der Waals surface area contributed by atoms with Gasteiger partial charge in [-0.25, -0.2) is 4.79 Å². The van der Waals surface area contributed by atoms with E-state index in [2.05, 4.69) is 10.1 Å². The molecule has 1 fully saturated rings. The van der Waals surface area contributed by atoms with Gasteiger partial charge in [-0.15, -0.1) is 0 Å². The topological polar surface area (TPSA) is 102 Å². The van der Waals surface area contributed by atoms with Crippen molar-refractivity contribution >= 4 is 29.4 Å². The molecule has 2 aromatic rings. The van der Waals surface area contributed by atoms with Crippen molar-refractivity contribution in [2.45, 2.75) is 13.0 Å². The minimum Gasteiger partial charge on any atom is -0.465 e. The minimum atomic E-state index is -0.589. The summed E-state index contributed by atoms with van der Waals surface area (Å²) in [5.41, 5.74) is 1.79. The fourth-order valence-electron chi connectivity index (χ4n) is 3.15.